The Labute approximate surface area is 183 Å². The van der Waals surface area contributed by atoms with E-state index in [1.54, 1.807) is 0 Å². The summed E-state index contributed by atoms with van der Waals surface area (Å²) in [6.07, 6.45) is -2.92. The van der Waals surface area contributed by atoms with Gasteiger partial charge in [0.15, 0.2) is 0 Å². The minimum Gasteiger partial charge on any atom is -0.846 e. The Balaban J connectivity index is -0.000000451. The molecule has 12 nitrogen and oxygen atoms in total. The van der Waals surface area contributed by atoms with Gasteiger partial charge in [-0.25, -0.2) is 0 Å². The zero-order valence-electron chi connectivity index (χ0n) is 16.5. The third-order valence-electron chi connectivity index (χ3n) is 3.06. The molecule has 0 amide bonds. The van der Waals surface area contributed by atoms with Crippen molar-refractivity contribution in [2.24, 2.45) is 0 Å². The van der Waals surface area contributed by atoms with E-state index >= 15 is 0 Å². The van der Waals surface area contributed by atoms with E-state index in [9.17, 15) is 39.6 Å². The Hall–Kier alpha value is -1.57. The van der Waals surface area contributed by atoms with Crippen LogP contribution in [0.25, 0.3) is 0 Å². The monoisotopic (exact) mass is 456 g/mol. The first-order valence-electron chi connectivity index (χ1n) is 8.12. The van der Waals surface area contributed by atoms with Crippen molar-refractivity contribution in [1.29, 1.82) is 0 Å². The third-order valence-corrected chi connectivity index (χ3v) is 3.06. The second-order valence-electron chi connectivity index (χ2n) is 5.36. The fraction of sp³-hybridized carbons (Fsp3) is 0.750. The molecule has 0 aromatic rings. The maximum Gasteiger partial charge on any atom is 4.00 e. The first-order chi connectivity index (χ1) is 13.0. The quantitative estimate of drug-likeness (QED) is 0.173. The van der Waals surface area contributed by atoms with Gasteiger partial charge in [0.05, 0.1) is 0 Å². The van der Waals surface area contributed by atoms with Crippen LogP contribution in [0.2, 0.25) is 0 Å². The van der Waals surface area contributed by atoms with Crippen LogP contribution in [0.1, 0.15) is 27.7 Å². The summed E-state index contributed by atoms with van der Waals surface area (Å²) in [5, 5.41) is 40.1. The molecule has 0 heterocycles. The van der Waals surface area contributed by atoms with Crippen LogP contribution >= 0.6 is 0 Å². The average Bonchev–Trinajstić information content (AvgIpc) is 2.67. The van der Waals surface area contributed by atoms with Gasteiger partial charge in [0, 0.05) is 0 Å². The van der Waals surface area contributed by atoms with Crippen molar-refractivity contribution in [3.05, 3.63) is 0 Å². The van der Waals surface area contributed by atoms with E-state index in [0.29, 0.717) is 0 Å². The summed E-state index contributed by atoms with van der Waals surface area (Å²) >= 11 is 0. The first-order valence-corrected chi connectivity index (χ1v) is 8.12. The molecule has 0 aliphatic rings. The summed E-state index contributed by atoms with van der Waals surface area (Å²) in [6, 6.07) is 0. The van der Waals surface area contributed by atoms with Crippen molar-refractivity contribution >= 4 is 23.9 Å². The molecule has 0 N–H and O–H groups in total. The Morgan fingerprint density at radius 2 is 0.655 bits per heavy atom. The molecule has 13 heteroatoms. The molecule has 29 heavy (non-hydrogen) atoms. The molecular weight excluding hydrogens is 432 g/mol. The van der Waals surface area contributed by atoms with Crippen molar-refractivity contribution in [2.75, 3.05) is 26.4 Å². The molecular formula is C16H24O12Ti. The van der Waals surface area contributed by atoms with E-state index in [0.717, 1.165) is 0 Å². The fourth-order valence-corrected chi connectivity index (χ4v) is 1.35. The Bertz CT molecular complexity index is 410. The van der Waals surface area contributed by atoms with Gasteiger partial charge in [0.1, 0.15) is 24.4 Å². The van der Waals surface area contributed by atoms with E-state index < -0.39 is 74.7 Å². The Morgan fingerprint density at radius 1 is 0.517 bits per heavy atom. The van der Waals surface area contributed by atoms with Crippen molar-refractivity contribution in [3.63, 3.8) is 0 Å². The van der Waals surface area contributed by atoms with Crippen LogP contribution in [-0.2, 0) is 59.8 Å². The van der Waals surface area contributed by atoms with E-state index in [-0.39, 0.29) is 21.7 Å². The van der Waals surface area contributed by atoms with E-state index in [2.05, 4.69) is 18.9 Å². The van der Waals surface area contributed by atoms with Crippen LogP contribution in [0.3, 0.4) is 0 Å². The van der Waals surface area contributed by atoms with Crippen LogP contribution < -0.4 is 20.4 Å². The number of ether oxygens (including phenoxy) is 4. The molecule has 0 saturated carbocycles. The maximum absolute atomic E-state index is 10.5. The zero-order chi connectivity index (χ0) is 22.3. The van der Waals surface area contributed by atoms with Gasteiger partial charge in [-0.2, -0.15) is 0 Å². The van der Waals surface area contributed by atoms with Gasteiger partial charge in [-0.05, 0) is 54.1 Å². The van der Waals surface area contributed by atoms with E-state index in [1.165, 1.54) is 27.7 Å². The van der Waals surface area contributed by atoms with Crippen LogP contribution in [0.15, 0.2) is 0 Å². The molecule has 0 aliphatic heterocycles. The minimum absolute atomic E-state index is 0. The SMILES string of the molecule is C[C@@H](OC(=O)C[O-])[C@@H](C)OC(=O)C[O-].C[C@@H](OC(=O)C[O-])[C@@H](C)OC(=O)C[O-].[Ti+4]. The molecule has 0 aromatic heterocycles. The zero-order valence-corrected chi connectivity index (χ0v) is 18.1. The molecule has 0 aliphatic carbocycles. The largest absolute Gasteiger partial charge is 4.00 e. The molecule has 164 valence electrons. The number of rotatable bonds is 10. The Kier molecular flexibility index (Phi) is 20.4. The van der Waals surface area contributed by atoms with Gasteiger partial charge in [-0.3, -0.25) is 19.2 Å². The van der Waals surface area contributed by atoms with Crippen molar-refractivity contribution in [1.82, 2.24) is 0 Å². The molecule has 0 spiro atoms. The molecule has 0 radical (unpaired) electrons. The third kappa shape index (κ3) is 17.0. The van der Waals surface area contributed by atoms with Crippen LogP contribution in [-0.4, -0.2) is 74.7 Å². The molecule has 0 fully saturated rings. The summed E-state index contributed by atoms with van der Waals surface area (Å²) in [4.78, 5) is 42.2. The van der Waals surface area contributed by atoms with Crippen LogP contribution in [0, 0.1) is 0 Å². The normalized spacial score (nSPS) is 13.8. The smallest absolute Gasteiger partial charge is 0.846 e. The van der Waals surface area contributed by atoms with E-state index in [4.69, 9.17) is 0 Å². The van der Waals surface area contributed by atoms with Gasteiger partial charge in [0.25, 0.3) is 23.9 Å². The van der Waals surface area contributed by atoms with Gasteiger partial charge in [-0.15, -0.1) is 0 Å². The predicted octanol–water partition coefficient (Wildman–Crippen LogP) is -4.86. The summed E-state index contributed by atoms with van der Waals surface area (Å²) in [7, 11) is 0. The first kappa shape index (κ1) is 32.1. The number of carbonyl (C=O) groups is 4. The standard InChI is InChI=1S/2C8H12O6.Ti/c2*1-5(13-7(11)3-9)6(2)14-8(12)4-10;/h2*5-6H,3-4H2,1-2H3;/q2*-2;+4/t2*5-,6-;/m11./s1. The second-order valence-corrected chi connectivity index (χ2v) is 5.36. The molecule has 0 bridgehead atoms. The van der Waals surface area contributed by atoms with E-state index in [1.807, 2.05) is 0 Å². The number of carbonyl (C=O) groups excluding carboxylic acids is 4. The summed E-state index contributed by atoms with van der Waals surface area (Å²) in [6.45, 7) is 1.96. The molecule has 0 unspecified atom stereocenters. The van der Waals surface area contributed by atoms with Gasteiger partial charge < -0.3 is 39.4 Å². The fourth-order valence-electron chi connectivity index (χ4n) is 1.35. The number of hydrogen-bond donors (Lipinski definition) is 0. The molecule has 0 rings (SSSR count). The minimum atomic E-state index is -0.980. The predicted molar refractivity (Wildman–Crippen MR) is 81.7 cm³/mol. The van der Waals surface area contributed by atoms with Crippen molar-refractivity contribution < 1.29 is 80.3 Å². The maximum atomic E-state index is 10.5. The van der Waals surface area contributed by atoms with Crippen LogP contribution in [0.5, 0.6) is 0 Å². The van der Waals surface area contributed by atoms with Crippen molar-refractivity contribution in [2.45, 2.75) is 52.1 Å². The number of esters is 4. The molecule has 0 aromatic carbocycles. The topological polar surface area (TPSA) is 197 Å². The van der Waals surface area contributed by atoms with Gasteiger partial charge >= 0.3 is 21.7 Å². The summed E-state index contributed by atoms with van der Waals surface area (Å²) in [5.41, 5.74) is 0. The molecule has 0 saturated heterocycles. The number of hydrogen-bond acceptors (Lipinski definition) is 12. The summed E-state index contributed by atoms with van der Waals surface area (Å²) < 4.78 is 18.3. The molecule has 4 atom stereocenters. The van der Waals surface area contributed by atoms with Crippen molar-refractivity contribution in [3.8, 4) is 0 Å². The second kappa shape index (κ2) is 18.5. The average molecular weight is 456 g/mol. The van der Waals surface area contributed by atoms with Gasteiger partial charge in [0.2, 0.25) is 0 Å². The van der Waals surface area contributed by atoms with Gasteiger partial charge in [-0.1, -0.05) is 0 Å². The summed E-state index contributed by atoms with van der Waals surface area (Å²) in [5.74, 6) is -3.66. The van der Waals surface area contributed by atoms with Crippen LogP contribution in [0.4, 0.5) is 0 Å². The Morgan fingerprint density at radius 3 is 0.759 bits per heavy atom.